The molecule has 0 amide bonds. The number of fused-ring (bicyclic) bond motifs is 1. The van der Waals surface area contributed by atoms with Gasteiger partial charge in [0.2, 0.25) is 10.0 Å². The first-order valence-corrected chi connectivity index (χ1v) is 10.8. The maximum Gasteiger partial charge on any atom is 0.213 e. The third-order valence-corrected chi connectivity index (χ3v) is 5.67. The maximum atomic E-state index is 12.0. The highest BCUT2D eigenvalue weighted by Crippen LogP contribution is 2.19. The van der Waals surface area contributed by atoms with Gasteiger partial charge in [-0.3, -0.25) is 4.68 Å². The normalized spacial score (nSPS) is 11.9. The van der Waals surface area contributed by atoms with Crippen LogP contribution in [0, 0.1) is 0 Å². The minimum Gasteiger partial charge on any atom is -0.376 e. The zero-order valence-electron chi connectivity index (χ0n) is 14.8. The molecule has 1 aromatic heterocycles. The van der Waals surface area contributed by atoms with E-state index in [0.29, 0.717) is 31.1 Å². The Morgan fingerprint density at radius 2 is 1.96 bits per heavy atom. The van der Waals surface area contributed by atoms with E-state index in [1.54, 1.807) is 6.20 Å². The van der Waals surface area contributed by atoms with Gasteiger partial charge < -0.3 is 4.74 Å². The third kappa shape index (κ3) is 6.04. The SMILES string of the molecule is O=S(=O)(CCOCc1ccccc1)NCCCn1ncc2ccc(Cl)cc21. The molecule has 3 aromatic rings. The summed E-state index contributed by atoms with van der Waals surface area (Å²) in [5, 5.41) is 5.98. The van der Waals surface area contributed by atoms with Crippen LogP contribution >= 0.6 is 11.6 Å². The average Bonchev–Trinajstić information content (AvgIpc) is 3.05. The lowest BCUT2D eigenvalue weighted by Crippen LogP contribution is -2.29. The van der Waals surface area contributed by atoms with E-state index in [9.17, 15) is 8.42 Å². The highest BCUT2D eigenvalue weighted by Gasteiger charge is 2.10. The largest absolute Gasteiger partial charge is 0.376 e. The monoisotopic (exact) mass is 407 g/mol. The number of aryl methyl sites for hydroxylation is 1. The summed E-state index contributed by atoms with van der Waals surface area (Å²) in [4.78, 5) is 0. The number of benzene rings is 2. The number of rotatable bonds is 10. The van der Waals surface area contributed by atoms with Crippen LogP contribution in [0.25, 0.3) is 10.9 Å². The number of halogens is 1. The van der Waals surface area contributed by atoms with Crippen molar-refractivity contribution >= 4 is 32.5 Å². The molecule has 0 saturated carbocycles. The fourth-order valence-corrected chi connectivity index (χ4v) is 3.79. The van der Waals surface area contributed by atoms with Crippen LogP contribution in [0.3, 0.4) is 0 Å². The van der Waals surface area contributed by atoms with Crippen LogP contribution in [0.2, 0.25) is 5.02 Å². The van der Waals surface area contributed by atoms with Gasteiger partial charge in [-0.25, -0.2) is 13.1 Å². The predicted molar refractivity (Wildman–Crippen MR) is 107 cm³/mol. The van der Waals surface area contributed by atoms with Crippen molar-refractivity contribution in [3.8, 4) is 0 Å². The molecule has 0 spiro atoms. The van der Waals surface area contributed by atoms with Gasteiger partial charge in [-0.05, 0) is 30.2 Å². The van der Waals surface area contributed by atoms with Crippen LogP contribution in [-0.2, 0) is 27.9 Å². The zero-order valence-corrected chi connectivity index (χ0v) is 16.4. The van der Waals surface area contributed by atoms with Crippen LogP contribution in [0.4, 0.5) is 0 Å². The Hall–Kier alpha value is -1.93. The molecule has 0 bridgehead atoms. The second-order valence-electron chi connectivity index (χ2n) is 6.18. The molecule has 1 heterocycles. The van der Waals surface area contributed by atoms with Gasteiger partial charge in [-0.15, -0.1) is 0 Å². The Morgan fingerprint density at radius 1 is 1.15 bits per heavy atom. The van der Waals surface area contributed by atoms with Crippen molar-refractivity contribution in [1.82, 2.24) is 14.5 Å². The lowest BCUT2D eigenvalue weighted by molar-refractivity contribution is 0.135. The molecule has 0 aliphatic heterocycles. The fourth-order valence-electron chi connectivity index (χ4n) is 2.68. The smallest absolute Gasteiger partial charge is 0.213 e. The minimum atomic E-state index is -3.35. The molecule has 0 radical (unpaired) electrons. The molecule has 0 atom stereocenters. The Balaban J connectivity index is 1.38. The van der Waals surface area contributed by atoms with Gasteiger partial charge in [0.25, 0.3) is 0 Å². The second kappa shape index (κ2) is 9.32. The van der Waals surface area contributed by atoms with E-state index < -0.39 is 10.0 Å². The molecule has 0 aliphatic carbocycles. The standard InChI is InChI=1S/C19H22ClN3O3S/c20-18-8-7-17-14-21-23(19(17)13-18)10-4-9-22-27(24,25)12-11-26-15-16-5-2-1-3-6-16/h1-3,5-8,13-14,22H,4,9-12,15H2. The van der Waals surface area contributed by atoms with Gasteiger partial charge in [0.15, 0.2) is 0 Å². The Morgan fingerprint density at radius 3 is 2.78 bits per heavy atom. The molecular weight excluding hydrogens is 386 g/mol. The van der Waals surface area contributed by atoms with Crippen LogP contribution < -0.4 is 4.72 Å². The summed E-state index contributed by atoms with van der Waals surface area (Å²) in [5.41, 5.74) is 1.97. The third-order valence-electron chi connectivity index (χ3n) is 4.08. The summed E-state index contributed by atoms with van der Waals surface area (Å²) in [6.07, 6.45) is 2.41. The molecule has 0 unspecified atom stereocenters. The van der Waals surface area contributed by atoms with Gasteiger partial charge in [-0.2, -0.15) is 5.10 Å². The average molecular weight is 408 g/mol. The van der Waals surface area contributed by atoms with E-state index in [4.69, 9.17) is 16.3 Å². The topological polar surface area (TPSA) is 73.2 Å². The van der Waals surface area contributed by atoms with Crippen molar-refractivity contribution in [3.63, 3.8) is 0 Å². The maximum absolute atomic E-state index is 12.0. The molecular formula is C19H22ClN3O3S. The van der Waals surface area contributed by atoms with Gasteiger partial charge in [0.1, 0.15) is 0 Å². The summed E-state index contributed by atoms with van der Waals surface area (Å²) in [6, 6.07) is 15.3. The number of hydrogen-bond acceptors (Lipinski definition) is 4. The molecule has 0 fully saturated rings. The Bertz CT molecular complexity index is 974. The fraction of sp³-hybridized carbons (Fsp3) is 0.316. The molecule has 6 nitrogen and oxygen atoms in total. The molecule has 27 heavy (non-hydrogen) atoms. The van der Waals surface area contributed by atoms with Gasteiger partial charge in [0, 0.05) is 23.5 Å². The number of ether oxygens (including phenoxy) is 1. The van der Waals surface area contributed by atoms with Crippen molar-refractivity contribution in [2.45, 2.75) is 19.6 Å². The van der Waals surface area contributed by atoms with Gasteiger partial charge in [-0.1, -0.05) is 41.9 Å². The lowest BCUT2D eigenvalue weighted by Gasteiger charge is -2.08. The van der Waals surface area contributed by atoms with Crippen LogP contribution in [0.15, 0.2) is 54.7 Å². The van der Waals surface area contributed by atoms with E-state index in [-0.39, 0.29) is 12.4 Å². The van der Waals surface area contributed by atoms with Crippen LogP contribution in [-0.4, -0.2) is 37.1 Å². The van der Waals surface area contributed by atoms with Crippen molar-refractivity contribution in [3.05, 3.63) is 65.3 Å². The second-order valence-corrected chi connectivity index (χ2v) is 8.54. The molecule has 0 aliphatic rings. The number of nitrogens with one attached hydrogen (secondary N) is 1. The molecule has 0 saturated heterocycles. The van der Waals surface area contributed by atoms with E-state index in [1.165, 1.54) is 0 Å². The van der Waals surface area contributed by atoms with E-state index in [0.717, 1.165) is 16.5 Å². The first kappa shape index (κ1) is 19.8. The molecule has 3 rings (SSSR count). The number of hydrogen-bond donors (Lipinski definition) is 1. The van der Waals surface area contributed by atoms with Crippen LogP contribution in [0.1, 0.15) is 12.0 Å². The molecule has 1 N–H and O–H groups in total. The number of aromatic nitrogens is 2. The zero-order chi connectivity index (χ0) is 19.1. The summed E-state index contributed by atoms with van der Waals surface area (Å²) in [7, 11) is -3.35. The van der Waals surface area contributed by atoms with Crippen molar-refractivity contribution in [2.75, 3.05) is 18.9 Å². The van der Waals surface area contributed by atoms with E-state index >= 15 is 0 Å². The number of sulfonamides is 1. The van der Waals surface area contributed by atoms with E-state index in [2.05, 4.69) is 9.82 Å². The van der Waals surface area contributed by atoms with Gasteiger partial charge in [0.05, 0.1) is 30.7 Å². The Kier molecular flexibility index (Phi) is 6.84. The van der Waals surface area contributed by atoms with Crippen molar-refractivity contribution in [2.24, 2.45) is 0 Å². The van der Waals surface area contributed by atoms with Gasteiger partial charge >= 0.3 is 0 Å². The van der Waals surface area contributed by atoms with E-state index in [1.807, 2.05) is 53.2 Å². The molecule has 2 aromatic carbocycles. The van der Waals surface area contributed by atoms with Crippen molar-refractivity contribution < 1.29 is 13.2 Å². The summed E-state index contributed by atoms with van der Waals surface area (Å²) in [6.45, 7) is 1.53. The van der Waals surface area contributed by atoms with Crippen molar-refractivity contribution in [1.29, 1.82) is 0 Å². The van der Waals surface area contributed by atoms with Crippen LogP contribution in [0.5, 0.6) is 0 Å². The highest BCUT2D eigenvalue weighted by atomic mass is 35.5. The summed E-state index contributed by atoms with van der Waals surface area (Å²) in [5.74, 6) is -0.0554. The first-order valence-electron chi connectivity index (χ1n) is 8.73. The highest BCUT2D eigenvalue weighted by molar-refractivity contribution is 7.89. The minimum absolute atomic E-state index is 0.0554. The predicted octanol–water partition coefficient (Wildman–Crippen LogP) is 3.22. The Labute approximate surface area is 164 Å². The number of nitrogens with zero attached hydrogens (tertiary/aromatic N) is 2. The summed E-state index contributed by atoms with van der Waals surface area (Å²) >= 11 is 6.02. The quantitative estimate of drug-likeness (QED) is 0.524. The first-order chi connectivity index (χ1) is 13.0. The molecule has 144 valence electrons. The summed E-state index contributed by atoms with van der Waals surface area (Å²) < 4.78 is 33.9. The molecule has 8 heteroatoms. The lowest BCUT2D eigenvalue weighted by atomic mass is 10.2.